The molecule has 0 fully saturated rings. The van der Waals surface area contributed by atoms with Gasteiger partial charge in [0.25, 0.3) is 0 Å². The SMILES string of the molecule is C#CCOc1ccc2cc(C3(c4ccc5c6c(ccc5c4)OC4(C=C6)c5ccccc5-c5cc6ccccc6cc54)c4ccccc4-c4ccccc43)ccc2c1. The van der Waals surface area contributed by atoms with Gasteiger partial charge in [-0.05, 0) is 131 Å². The van der Waals surface area contributed by atoms with Crippen LogP contribution in [0.3, 0.4) is 0 Å². The molecule has 0 radical (unpaired) electrons. The molecule has 9 aromatic rings. The first-order chi connectivity index (χ1) is 28.2. The zero-order valence-corrected chi connectivity index (χ0v) is 31.0. The van der Waals surface area contributed by atoms with Gasteiger partial charge in [-0.15, -0.1) is 6.42 Å². The van der Waals surface area contributed by atoms with Crippen molar-refractivity contribution in [3.8, 4) is 46.1 Å². The Bertz CT molecular complexity index is 3210. The van der Waals surface area contributed by atoms with Crippen molar-refractivity contribution >= 4 is 38.4 Å². The van der Waals surface area contributed by atoms with E-state index in [1.165, 1.54) is 77.2 Å². The van der Waals surface area contributed by atoms with Crippen molar-refractivity contribution in [2.75, 3.05) is 6.61 Å². The Balaban J connectivity index is 1.03. The molecule has 2 nitrogen and oxygen atoms in total. The molecule has 1 atom stereocenters. The number of hydrogen-bond acceptors (Lipinski definition) is 2. The number of benzene rings is 9. The summed E-state index contributed by atoms with van der Waals surface area (Å²) in [6.45, 7) is 0.244. The minimum absolute atomic E-state index is 0.244. The highest BCUT2D eigenvalue weighted by Crippen LogP contribution is 2.58. The number of hydrogen-bond donors (Lipinski definition) is 0. The fraction of sp³-hybridized carbons (Fsp3) is 0.0545. The predicted octanol–water partition coefficient (Wildman–Crippen LogP) is 12.9. The summed E-state index contributed by atoms with van der Waals surface area (Å²) in [6.07, 6.45) is 10.1. The van der Waals surface area contributed by atoms with Gasteiger partial charge in [0, 0.05) is 16.7 Å². The topological polar surface area (TPSA) is 18.5 Å². The highest BCUT2D eigenvalue weighted by atomic mass is 16.5. The third-order valence-corrected chi connectivity index (χ3v) is 12.6. The molecule has 1 spiro atoms. The van der Waals surface area contributed by atoms with Crippen LogP contribution in [0.4, 0.5) is 0 Å². The average molecular weight is 727 g/mol. The summed E-state index contributed by atoms with van der Waals surface area (Å²) >= 11 is 0. The lowest BCUT2D eigenvalue weighted by molar-refractivity contribution is 0.166. The average Bonchev–Trinajstić information content (AvgIpc) is 3.71. The van der Waals surface area contributed by atoms with E-state index in [2.05, 4.69) is 188 Å². The fourth-order valence-corrected chi connectivity index (χ4v) is 10.2. The van der Waals surface area contributed by atoms with Gasteiger partial charge in [0.05, 0.1) is 5.41 Å². The van der Waals surface area contributed by atoms with Crippen molar-refractivity contribution in [1.82, 2.24) is 0 Å². The Morgan fingerprint density at radius 2 is 1.07 bits per heavy atom. The summed E-state index contributed by atoms with van der Waals surface area (Å²) in [6, 6.07) is 64.3. The zero-order chi connectivity index (χ0) is 37.7. The third-order valence-electron chi connectivity index (χ3n) is 12.6. The Morgan fingerprint density at radius 1 is 0.491 bits per heavy atom. The maximum absolute atomic E-state index is 7.27. The molecule has 2 heteroatoms. The zero-order valence-electron chi connectivity index (χ0n) is 31.0. The van der Waals surface area contributed by atoms with E-state index in [4.69, 9.17) is 15.9 Å². The lowest BCUT2D eigenvalue weighted by Gasteiger charge is -2.35. The first-order valence-corrected chi connectivity index (χ1v) is 19.5. The molecule has 1 unspecified atom stereocenters. The van der Waals surface area contributed by atoms with Crippen LogP contribution in [0, 0.1) is 12.3 Å². The maximum atomic E-state index is 7.27. The summed E-state index contributed by atoms with van der Waals surface area (Å²) < 4.78 is 13.0. The van der Waals surface area contributed by atoms with Crippen LogP contribution in [0.25, 0.3) is 60.6 Å². The molecule has 1 aliphatic heterocycles. The van der Waals surface area contributed by atoms with Gasteiger partial charge in [0.15, 0.2) is 5.60 Å². The highest BCUT2D eigenvalue weighted by molar-refractivity contribution is 5.99. The Labute approximate surface area is 331 Å². The predicted molar refractivity (Wildman–Crippen MR) is 233 cm³/mol. The van der Waals surface area contributed by atoms with E-state index < -0.39 is 11.0 Å². The van der Waals surface area contributed by atoms with E-state index in [-0.39, 0.29) is 6.61 Å². The van der Waals surface area contributed by atoms with Gasteiger partial charge in [0.1, 0.15) is 18.1 Å². The molecule has 2 aliphatic carbocycles. The monoisotopic (exact) mass is 726 g/mol. The molecule has 1 heterocycles. The normalized spacial score (nSPS) is 16.4. The van der Waals surface area contributed by atoms with E-state index >= 15 is 0 Å². The molecule has 0 bridgehead atoms. The molecule has 0 amide bonds. The van der Waals surface area contributed by atoms with Crippen molar-refractivity contribution in [1.29, 1.82) is 0 Å². The van der Waals surface area contributed by atoms with Crippen molar-refractivity contribution < 1.29 is 9.47 Å². The molecule has 3 aliphatic rings. The van der Waals surface area contributed by atoms with Crippen LogP contribution in [0.1, 0.15) is 38.9 Å². The van der Waals surface area contributed by atoms with Crippen LogP contribution in [-0.2, 0) is 11.0 Å². The molecule has 266 valence electrons. The maximum Gasteiger partial charge on any atom is 0.179 e. The van der Waals surface area contributed by atoms with Crippen LogP contribution in [0.5, 0.6) is 11.5 Å². The standard InChI is InChI=1S/C55H34O2/c1-2-29-56-42-24-20-37-30-40(22-19-38(37)32-42)55(50-17-9-6-13-44(50)45-14-7-10-18-51(45)55)41-23-25-43-39(31-41)21-26-53-47(43)27-28-54(57-53)49-16-8-5-15-46(49)48-33-35-11-3-4-12-36(35)34-52(48)54/h1,3-28,30-34H,29H2. The molecule has 0 saturated heterocycles. The fourth-order valence-electron chi connectivity index (χ4n) is 10.2. The van der Waals surface area contributed by atoms with E-state index in [9.17, 15) is 0 Å². The summed E-state index contributed by atoms with van der Waals surface area (Å²) in [5, 5.41) is 7.05. The highest BCUT2D eigenvalue weighted by Gasteiger charge is 2.47. The summed E-state index contributed by atoms with van der Waals surface area (Å²) in [5.41, 5.74) is 12.2. The Kier molecular flexibility index (Phi) is 6.63. The van der Waals surface area contributed by atoms with Gasteiger partial charge in [-0.1, -0.05) is 139 Å². The lowest BCUT2D eigenvalue weighted by Crippen LogP contribution is -2.32. The van der Waals surface area contributed by atoms with E-state index in [1.54, 1.807) is 0 Å². The minimum atomic E-state index is -0.706. The van der Waals surface area contributed by atoms with Gasteiger partial charge in [0.2, 0.25) is 0 Å². The second-order valence-corrected chi connectivity index (χ2v) is 15.4. The first kappa shape index (κ1) is 32.0. The molecule has 9 aromatic carbocycles. The number of ether oxygens (including phenoxy) is 2. The van der Waals surface area contributed by atoms with Crippen LogP contribution in [0.2, 0.25) is 0 Å². The largest absolute Gasteiger partial charge is 0.481 e. The minimum Gasteiger partial charge on any atom is -0.481 e. The van der Waals surface area contributed by atoms with E-state index in [1.807, 2.05) is 6.07 Å². The quantitative estimate of drug-likeness (QED) is 0.168. The number of rotatable bonds is 4. The molecule has 12 rings (SSSR count). The summed E-state index contributed by atoms with van der Waals surface area (Å²) in [5.74, 6) is 4.24. The second kappa shape index (κ2) is 11.8. The van der Waals surface area contributed by atoms with Crippen LogP contribution in [-0.4, -0.2) is 6.61 Å². The lowest BCUT2D eigenvalue weighted by atomic mass is 9.67. The van der Waals surface area contributed by atoms with Gasteiger partial charge >= 0.3 is 0 Å². The van der Waals surface area contributed by atoms with Crippen molar-refractivity contribution in [3.05, 3.63) is 221 Å². The van der Waals surface area contributed by atoms with E-state index in [0.29, 0.717) is 0 Å². The first-order valence-electron chi connectivity index (χ1n) is 19.5. The summed E-state index contributed by atoms with van der Waals surface area (Å²) in [7, 11) is 0. The number of fused-ring (bicyclic) bond motifs is 13. The molecular weight excluding hydrogens is 693 g/mol. The Hall–Kier alpha value is -7.34. The van der Waals surface area contributed by atoms with Crippen LogP contribution < -0.4 is 9.47 Å². The van der Waals surface area contributed by atoms with Crippen LogP contribution >= 0.6 is 0 Å². The van der Waals surface area contributed by atoms with Gasteiger partial charge in [-0.3, -0.25) is 0 Å². The second-order valence-electron chi connectivity index (χ2n) is 15.4. The molecule has 57 heavy (non-hydrogen) atoms. The van der Waals surface area contributed by atoms with Crippen molar-refractivity contribution in [2.24, 2.45) is 0 Å². The van der Waals surface area contributed by atoms with Crippen LogP contribution in [0.15, 0.2) is 182 Å². The van der Waals surface area contributed by atoms with Gasteiger partial charge in [-0.2, -0.15) is 0 Å². The van der Waals surface area contributed by atoms with Gasteiger partial charge in [-0.25, -0.2) is 0 Å². The van der Waals surface area contributed by atoms with Crippen molar-refractivity contribution in [2.45, 2.75) is 11.0 Å². The third kappa shape index (κ3) is 4.37. The molecular formula is C55H34O2. The van der Waals surface area contributed by atoms with Gasteiger partial charge < -0.3 is 9.47 Å². The van der Waals surface area contributed by atoms with Crippen molar-refractivity contribution in [3.63, 3.8) is 0 Å². The molecule has 0 N–H and O–H groups in total. The smallest absolute Gasteiger partial charge is 0.179 e. The Morgan fingerprint density at radius 3 is 1.82 bits per heavy atom. The molecule has 0 saturated carbocycles. The molecule has 0 aromatic heterocycles. The summed E-state index contributed by atoms with van der Waals surface area (Å²) in [4.78, 5) is 0. The number of terminal acetylenes is 1. The van der Waals surface area contributed by atoms with E-state index in [0.717, 1.165) is 27.8 Å².